The second kappa shape index (κ2) is 5.57. The highest BCUT2D eigenvalue weighted by molar-refractivity contribution is 6.74. The van der Waals surface area contributed by atoms with Crippen molar-refractivity contribution in [1.82, 2.24) is 4.98 Å². The Hall–Kier alpha value is -1.98. The van der Waals surface area contributed by atoms with Crippen LogP contribution in [0.3, 0.4) is 0 Å². The molecule has 0 fully saturated rings. The van der Waals surface area contributed by atoms with Crippen molar-refractivity contribution in [2.75, 3.05) is 0 Å². The smallest absolute Gasteiger partial charge is 0.487 e. The van der Waals surface area contributed by atoms with Gasteiger partial charge in [0.1, 0.15) is 12.4 Å². The lowest BCUT2D eigenvalue weighted by molar-refractivity contribution is 0.300. The van der Waals surface area contributed by atoms with Gasteiger partial charge in [0.25, 0.3) is 0 Å². The van der Waals surface area contributed by atoms with E-state index < -0.39 is 12.4 Å². The second-order valence-electron chi connectivity index (χ2n) is 4.65. The lowest BCUT2D eigenvalue weighted by Gasteiger charge is -2.18. The minimum absolute atomic E-state index is 0.174. The first-order valence-corrected chi connectivity index (χ1v) is 6.21. The van der Waals surface area contributed by atoms with Crippen molar-refractivity contribution >= 4 is 12.4 Å². The van der Waals surface area contributed by atoms with Crippen molar-refractivity contribution in [3.63, 3.8) is 0 Å². The zero-order chi connectivity index (χ0) is 14.8. The maximum atomic E-state index is 12.7. The fourth-order valence-corrected chi connectivity index (χ4v) is 1.93. The van der Waals surface area contributed by atoms with Gasteiger partial charge >= 0.3 is 6.98 Å². The molecular formula is C14H14BF3NO-. The first-order valence-electron chi connectivity index (χ1n) is 6.21. The van der Waals surface area contributed by atoms with Gasteiger partial charge < -0.3 is 17.7 Å². The summed E-state index contributed by atoms with van der Waals surface area (Å²) in [4.78, 5) is 4.17. The summed E-state index contributed by atoms with van der Waals surface area (Å²) in [5, 5.41) is 0. The van der Waals surface area contributed by atoms with E-state index in [0.717, 1.165) is 17.3 Å². The summed E-state index contributed by atoms with van der Waals surface area (Å²) in [6, 6.07) is 7.55. The lowest BCUT2D eigenvalue weighted by Crippen LogP contribution is -2.35. The quantitative estimate of drug-likeness (QED) is 0.801. The van der Waals surface area contributed by atoms with Crippen LogP contribution in [0.1, 0.15) is 16.8 Å². The van der Waals surface area contributed by atoms with Crippen LogP contribution in [0.5, 0.6) is 5.75 Å². The zero-order valence-electron chi connectivity index (χ0n) is 11.2. The summed E-state index contributed by atoms with van der Waals surface area (Å²) < 4.78 is 43.6. The molecule has 2 rings (SSSR count). The summed E-state index contributed by atoms with van der Waals surface area (Å²) in [7, 11) is 0. The Balaban J connectivity index is 2.12. The Morgan fingerprint density at radius 2 is 1.85 bits per heavy atom. The standard InChI is InChI=1S/C14H14BF3NO/c1-10-4-3-7-19-14(10)9-20-12-5-6-13(11(2)8-12)15(16,17)18/h3-8H,9H2,1-2H3/q-1. The van der Waals surface area contributed by atoms with Gasteiger partial charge in [0.15, 0.2) is 0 Å². The molecule has 0 saturated carbocycles. The number of rotatable bonds is 4. The molecule has 106 valence electrons. The van der Waals surface area contributed by atoms with Crippen LogP contribution in [0, 0.1) is 13.8 Å². The van der Waals surface area contributed by atoms with Crippen molar-refractivity contribution in [3.05, 3.63) is 53.3 Å². The number of nitrogens with zero attached hydrogens (tertiary/aromatic N) is 1. The largest absolute Gasteiger partial charge is 0.509 e. The van der Waals surface area contributed by atoms with E-state index in [4.69, 9.17) is 4.74 Å². The van der Waals surface area contributed by atoms with Crippen molar-refractivity contribution in [2.45, 2.75) is 20.5 Å². The van der Waals surface area contributed by atoms with E-state index in [0.29, 0.717) is 5.75 Å². The number of ether oxygens (including phenoxy) is 1. The van der Waals surface area contributed by atoms with Gasteiger partial charge in [-0.25, -0.2) is 0 Å². The molecule has 2 aromatic rings. The highest BCUT2D eigenvalue weighted by atomic mass is 19.4. The van der Waals surface area contributed by atoms with Crippen LogP contribution in [0.15, 0.2) is 36.5 Å². The monoisotopic (exact) mass is 280 g/mol. The molecule has 0 atom stereocenters. The van der Waals surface area contributed by atoms with Gasteiger partial charge in [0.2, 0.25) is 0 Å². The minimum atomic E-state index is -4.98. The van der Waals surface area contributed by atoms with E-state index >= 15 is 0 Å². The molecule has 0 saturated heterocycles. The first kappa shape index (κ1) is 14.4. The van der Waals surface area contributed by atoms with Crippen LogP contribution >= 0.6 is 0 Å². The Labute approximate surface area is 115 Å². The molecule has 20 heavy (non-hydrogen) atoms. The summed E-state index contributed by atoms with van der Waals surface area (Å²) >= 11 is 0. The number of benzene rings is 1. The predicted octanol–water partition coefficient (Wildman–Crippen LogP) is 3.33. The molecule has 0 N–H and O–H groups in total. The van der Waals surface area contributed by atoms with E-state index in [9.17, 15) is 12.9 Å². The molecule has 0 aliphatic heterocycles. The van der Waals surface area contributed by atoms with Crippen molar-refractivity contribution in [2.24, 2.45) is 0 Å². The summed E-state index contributed by atoms with van der Waals surface area (Å²) in [5.41, 5.74) is 1.35. The third-order valence-electron chi connectivity index (χ3n) is 3.09. The number of halogens is 3. The van der Waals surface area contributed by atoms with Crippen molar-refractivity contribution in [3.8, 4) is 5.75 Å². The number of pyridine rings is 1. The van der Waals surface area contributed by atoms with E-state index in [-0.39, 0.29) is 12.2 Å². The highest BCUT2D eigenvalue weighted by Gasteiger charge is 2.27. The van der Waals surface area contributed by atoms with Crippen LogP contribution in [0.2, 0.25) is 0 Å². The van der Waals surface area contributed by atoms with E-state index in [1.54, 1.807) is 6.20 Å². The number of hydrogen-bond acceptors (Lipinski definition) is 2. The molecule has 0 bridgehead atoms. The minimum Gasteiger partial charge on any atom is -0.487 e. The molecule has 2 nitrogen and oxygen atoms in total. The third kappa shape index (κ3) is 3.32. The van der Waals surface area contributed by atoms with Gasteiger partial charge in [-0.3, -0.25) is 4.98 Å². The molecule has 0 amide bonds. The maximum absolute atomic E-state index is 12.7. The second-order valence-corrected chi connectivity index (χ2v) is 4.65. The molecular weight excluding hydrogens is 266 g/mol. The average Bonchev–Trinajstić information content (AvgIpc) is 2.36. The molecule has 0 unspecified atom stereocenters. The molecule has 1 aromatic carbocycles. The average molecular weight is 280 g/mol. The van der Waals surface area contributed by atoms with Crippen LogP contribution in [0.4, 0.5) is 12.9 Å². The normalized spacial score (nSPS) is 11.4. The topological polar surface area (TPSA) is 22.1 Å². The zero-order valence-corrected chi connectivity index (χ0v) is 11.2. The Morgan fingerprint density at radius 1 is 1.10 bits per heavy atom. The lowest BCUT2D eigenvalue weighted by atomic mass is 9.77. The van der Waals surface area contributed by atoms with Gasteiger partial charge in [-0.05, 0) is 37.6 Å². The molecule has 0 spiro atoms. The Bertz CT molecular complexity index is 614. The van der Waals surface area contributed by atoms with Crippen molar-refractivity contribution in [1.29, 1.82) is 0 Å². The molecule has 6 heteroatoms. The number of aryl methyl sites for hydroxylation is 2. The molecule has 1 aromatic heterocycles. The Kier molecular flexibility index (Phi) is 4.02. The summed E-state index contributed by atoms with van der Waals surface area (Å²) in [6.07, 6.45) is 1.66. The van der Waals surface area contributed by atoms with Gasteiger partial charge in [-0.2, -0.15) is 0 Å². The van der Waals surface area contributed by atoms with Crippen molar-refractivity contribution < 1.29 is 17.7 Å². The van der Waals surface area contributed by atoms with Crippen LogP contribution < -0.4 is 10.2 Å². The summed E-state index contributed by atoms with van der Waals surface area (Å²) in [6.45, 7) is -1.40. The van der Waals surface area contributed by atoms with Crippen LogP contribution in [0.25, 0.3) is 0 Å². The molecule has 0 aliphatic carbocycles. The fourth-order valence-electron chi connectivity index (χ4n) is 1.93. The molecule has 0 aliphatic rings. The van der Waals surface area contributed by atoms with Gasteiger partial charge in [-0.1, -0.05) is 17.7 Å². The summed E-state index contributed by atoms with van der Waals surface area (Å²) in [5.74, 6) is 0.413. The highest BCUT2D eigenvalue weighted by Crippen LogP contribution is 2.18. The SMILES string of the molecule is Cc1cc(OCc2ncccc2C)ccc1[B-](F)(F)F. The third-order valence-corrected chi connectivity index (χ3v) is 3.09. The van der Waals surface area contributed by atoms with E-state index in [2.05, 4.69) is 4.98 Å². The first-order chi connectivity index (χ1) is 9.38. The van der Waals surface area contributed by atoms with E-state index in [1.807, 2.05) is 19.1 Å². The number of aromatic nitrogens is 1. The van der Waals surface area contributed by atoms with E-state index in [1.165, 1.54) is 19.1 Å². The Morgan fingerprint density at radius 3 is 2.45 bits per heavy atom. The molecule has 1 heterocycles. The van der Waals surface area contributed by atoms with Crippen LogP contribution in [-0.4, -0.2) is 12.0 Å². The maximum Gasteiger partial charge on any atom is 0.509 e. The predicted molar refractivity (Wildman–Crippen MR) is 73.2 cm³/mol. The number of hydrogen-bond donors (Lipinski definition) is 0. The molecule has 0 radical (unpaired) electrons. The van der Waals surface area contributed by atoms with Gasteiger partial charge in [0.05, 0.1) is 5.69 Å². The van der Waals surface area contributed by atoms with Crippen LogP contribution in [-0.2, 0) is 6.61 Å². The fraction of sp³-hybridized carbons (Fsp3) is 0.214. The van der Waals surface area contributed by atoms with Gasteiger partial charge in [-0.15, -0.1) is 5.46 Å². The van der Waals surface area contributed by atoms with Gasteiger partial charge in [0, 0.05) is 6.20 Å².